The van der Waals surface area contributed by atoms with E-state index in [1.165, 1.54) is 0 Å². The summed E-state index contributed by atoms with van der Waals surface area (Å²) in [5, 5.41) is 2.06. The van der Waals surface area contributed by atoms with E-state index in [2.05, 4.69) is 0 Å². The monoisotopic (exact) mass is 254 g/mol. The molecule has 0 atom stereocenters. The molecule has 0 amide bonds. The third-order valence-corrected chi connectivity index (χ3v) is 2.97. The molecule has 3 nitrogen and oxygen atoms in total. The lowest BCUT2D eigenvalue weighted by molar-refractivity contribution is 0.339. The van der Waals surface area contributed by atoms with Gasteiger partial charge in [-0.15, -0.1) is 3.89 Å². The lowest BCUT2D eigenvalue weighted by atomic mass is 10.1. The predicted molar refractivity (Wildman–Crippen MR) is 64.3 cm³/mol. The SMILES string of the molecule is O=S(=O)(F)CCOc1ccc2ccccc2c1. The Morgan fingerprint density at radius 2 is 1.76 bits per heavy atom. The summed E-state index contributed by atoms with van der Waals surface area (Å²) in [6.45, 7) is -0.183. The first kappa shape index (κ1) is 11.9. The lowest BCUT2D eigenvalue weighted by Gasteiger charge is -2.05. The van der Waals surface area contributed by atoms with Crippen molar-refractivity contribution in [3.05, 3.63) is 42.5 Å². The van der Waals surface area contributed by atoms with Crippen LogP contribution in [-0.2, 0) is 10.2 Å². The van der Waals surface area contributed by atoms with Crippen molar-refractivity contribution in [3.8, 4) is 5.75 Å². The van der Waals surface area contributed by atoms with Crippen LogP contribution in [0.15, 0.2) is 42.5 Å². The van der Waals surface area contributed by atoms with Crippen LogP contribution in [-0.4, -0.2) is 20.8 Å². The van der Waals surface area contributed by atoms with Crippen LogP contribution in [0.2, 0.25) is 0 Å². The molecule has 0 heterocycles. The molecule has 0 bridgehead atoms. The Bertz CT molecular complexity index is 622. The van der Waals surface area contributed by atoms with Crippen LogP contribution in [0, 0.1) is 0 Å². The minimum Gasteiger partial charge on any atom is -0.492 e. The van der Waals surface area contributed by atoms with Gasteiger partial charge >= 0.3 is 10.2 Å². The average molecular weight is 254 g/mol. The molecule has 2 aromatic carbocycles. The summed E-state index contributed by atoms with van der Waals surface area (Å²) < 4.78 is 38.0. The van der Waals surface area contributed by atoms with E-state index in [4.69, 9.17) is 4.74 Å². The molecule has 0 aliphatic carbocycles. The van der Waals surface area contributed by atoms with Gasteiger partial charge in [0.1, 0.15) is 18.1 Å². The number of benzene rings is 2. The van der Waals surface area contributed by atoms with Gasteiger partial charge in [-0.05, 0) is 22.9 Å². The van der Waals surface area contributed by atoms with E-state index in [1.54, 1.807) is 12.1 Å². The van der Waals surface area contributed by atoms with E-state index >= 15 is 0 Å². The van der Waals surface area contributed by atoms with Crippen molar-refractivity contribution in [2.75, 3.05) is 12.4 Å². The Hall–Kier alpha value is -1.62. The topological polar surface area (TPSA) is 43.4 Å². The summed E-state index contributed by atoms with van der Waals surface area (Å²) in [6, 6.07) is 13.1. The Balaban J connectivity index is 2.09. The standard InChI is InChI=1S/C12H11FO3S/c13-17(14,15)8-7-16-12-6-5-10-3-1-2-4-11(10)9-12/h1-6,9H,7-8H2. The second kappa shape index (κ2) is 4.71. The number of rotatable bonds is 4. The maximum atomic E-state index is 12.2. The van der Waals surface area contributed by atoms with Gasteiger partial charge in [0.05, 0.1) is 0 Å². The Morgan fingerprint density at radius 3 is 2.47 bits per heavy atom. The molecule has 0 saturated heterocycles. The van der Waals surface area contributed by atoms with Crippen LogP contribution >= 0.6 is 0 Å². The van der Waals surface area contributed by atoms with Crippen molar-refractivity contribution in [3.63, 3.8) is 0 Å². The van der Waals surface area contributed by atoms with Crippen LogP contribution in [0.5, 0.6) is 5.75 Å². The zero-order valence-electron chi connectivity index (χ0n) is 8.97. The van der Waals surface area contributed by atoms with Crippen LogP contribution in [0.1, 0.15) is 0 Å². The second-order valence-electron chi connectivity index (χ2n) is 3.60. The largest absolute Gasteiger partial charge is 0.492 e. The van der Waals surface area contributed by atoms with Gasteiger partial charge in [0, 0.05) is 0 Å². The maximum Gasteiger partial charge on any atom is 0.305 e. The Labute approximate surface area is 99.0 Å². The van der Waals surface area contributed by atoms with E-state index in [9.17, 15) is 12.3 Å². The molecule has 17 heavy (non-hydrogen) atoms. The molecule has 0 radical (unpaired) electrons. The molecule has 0 aliphatic rings. The zero-order valence-corrected chi connectivity index (χ0v) is 9.78. The summed E-state index contributed by atoms with van der Waals surface area (Å²) in [6.07, 6.45) is 0. The summed E-state index contributed by atoms with van der Waals surface area (Å²) in [4.78, 5) is 0. The van der Waals surface area contributed by atoms with Crippen molar-refractivity contribution in [2.45, 2.75) is 0 Å². The highest BCUT2D eigenvalue weighted by Crippen LogP contribution is 2.20. The Kier molecular flexibility index (Phi) is 3.28. The summed E-state index contributed by atoms with van der Waals surface area (Å²) in [5.74, 6) is -0.0906. The molecule has 5 heteroatoms. The van der Waals surface area contributed by atoms with E-state index < -0.39 is 16.0 Å². The van der Waals surface area contributed by atoms with Crippen molar-refractivity contribution < 1.29 is 17.0 Å². The molecule has 0 saturated carbocycles. The molecule has 0 aliphatic heterocycles. The summed E-state index contributed by atoms with van der Waals surface area (Å²) in [7, 11) is -4.46. The van der Waals surface area contributed by atoms with E-state index in [1.807, 2.05) is 30.3 Å². The zero-order chi connectivity index (χ0) is 12.3. The fraction of sp³-hybridized carbons (Fsp3) is 0.167. The van der Waals surface area contributed by atoms with E-state index in [0.717, 1.165) is 10.8 Å². The third kappa shape index (κ3) is 3.42. The number of fused-ring (bicyclic) bond motifs is 1. The maximum absolute atomic E-state index is 12.2. The summed E-state index contributed by atoms with van der Waals surface area (Å²) >= 11 is 0. The fourth-order valence-electron chi connectivity index (χ4n) is 1.52. The quantitative estimate of drug-likeness (QED) is 0.787. The van der Waals surface area contributed by atoms with Crippen LogP contribution in [0.25, 0.3) is 10.8 Å². The molecule has 90 valence electrons. The predicted octanol–water partition coefficient (Wildman–Crippen LogP) is 2.52. The molecule has 0 spiro atoms. The van der Waals surface area contributed by atoms with Gasteiger partial charge in [-0.1, -0.05) is 30.3 Å². The first-order chi connectivity index (χ1) is 8.04. The highest BCUT2D eigenvalue weighted by molar-refractivity contribution is 7.86. The van der Waals surface area contributed by atoms with Gasteiger partial charge < -0.3 is 4.74 Å². The average Bonchev–Trinajstić information content (AvgIpc) is 2.27. The molecule has 2 rings (SSSR count). The molecule has 0 N–H and O–H groups in total. The van der Waals surface area contributed by atoms with Gasteiger partial charge in [-0.3, -0.25) is 0 Å². The highest BCUT2D eigenvalue weighted by atomic mass is 32.3. The third-order valence-electron chi connectivity index (χ3n) is 2.32. The molecular weight excluding hydrogens is 243 g/mol. The van der Waals surface area contributed by atoms with Gasteiger partial charge in [0.25, 0.3) is 0 Å². The van der Waals surface area contributed by atoms with E-state index in [0.29, 0.717) is 5.75 Å². The minimum absolute atomic E-state index is 0.183. The smallest absolute Gasteiger partial charge is 0.305 e. The highest BCUT2D eigenvalue weighted by Gasteiger charge is 2.07. The van der Waals surface area contributed by atoms with Crippen LogP contribution in [0.3, 0.4) is 0 Å². The van der Waals surface area contributed by atoms with Crippen LogP contribution < -0.4 is 4.74 Å². The number of ether oxygens (including phenoxy) is 1. The molecule has 0 fully saturated rings. The number of hydrogen-bond acceptors (Lipinski definition) is 3. The van der Waals surface area contributed by atoms with E-state index in [-0.39, 0.29) is 6.61 Å². The first-order valence-electron chi connectivity index (χ1n) is 5.08. The van der Waals surface area contributed by atoms with Gasteiger partial charge in [-0.2, -0.15) is 8.42 Å². The summed E-state index contributed by atoms with van der Waals surface area (Å²) in [5.41, 5.74) is 0. The minimum atomic E-state index is -4.46. The molecule has 2 aromatic rings. The van der Waals surface area contributed by atoms with Crippen molar-refractivity contribution in [2.24, 2.45) is 0 Å². The normalized spacial score (nSPS) is 11.6. The second-order valence-corrected chi connectivity index (χ2v) is 5.09. The van der Waals surface area contributed by atoms with Crippen molar-refractivity contribution >= 4 is 21.0 Å². The number of hydrogen-bond donors (Lipinski definition) is 0. The molecular formula is C12H11FO3S. The van der Waals surface area contributed by atoms with Gasteiger partial charge in [0.15, 0.2) is 0 Å². The van der Waals surface area contributed by atoms with Gasteiger partial charge in [0.2, 0.25) is 0 Å². The lowest BCUT2D eigenvalue weighted by Crippen LogP contribution is -2.09. The molecule has 0 unspecified atom stereocenters. The number of halogens is 1. The first-order valence-corrected chi connectivity index (χ1v) is 6.64. The fourth-order valence-corrected chi connectivity index (χ4v) is 1.80. The van der Waals surface area contributed by atoms with Crippen molar-refractivity contribution in [1.82, 2.24) is 0 Å². The van der Waals surface area contributed by atoms with Gasteiger partial charge in [-0.25, -0.2) is 0 Å². The Morgan fingerprint density at radius 1 is 1.06 bits per heavy atom. The van der Waals surface area contributed by atoms with Crippen LogP contribution in [0.4, 0.5) is 3.89 Å². The van der Waals surface area contributed by atoms with Crippen molar-refractivity contribution in [1.29, 1.82) is 0 Å². The molecule has 0 aromatic heterocycles.